The summed E-state index contributed by atoms with van der Waals surface area (Å²) in [6, 6.07) is 7.73. The van der Waals surface area contributed by atoms with E-state index < -0.39 is 0 Å². The van der Waals surface area contributed by atoms with Crippen LogP contribution >= 0.6 is 11.6 Å². The molecule has 0 radical (unpaired) electrons. The number of nitrogens with two attached hydrogens (primary N) is 1. The van der Waals surface area contributed by atoms with E-state index in [9.17, 15) is 4.79 Å². The predicted molar refractivity (Wildman–Crippen MR) is 144 cm³/mol. The molecule has 0 spiro atoms. The summed E-state index contributed by atoms with van der Waals surface area (Å²) in [6.45, 7) is 5.17. The summed E-state index contributed by atoms with van der Waals surface area (Å²) in [5.41, 5.74) is 10.3. The average molecular weight is 504 g/mol. The number of halogens is 1. The Hall–Kier alpha value is -3.36. The molecule has 0 atom stereocenters. The molecule has 8 nitrogen and oxygen atoms in total. The van der Waals surface area contributed by atoms with Crippen molar-refractivity contribution in [2.45, 2.75) is 52.1 Å². The van der Waals surface area contributed by atoms with Crippen LogP contribution in [0.2, 0.25) is 5.02 Å². The van der Waals surface area contributed by atoms with Gasteiger partial charge in [-0.15, -0.1) is 0 Å². The molecule has 1 aliphatic carbocycles. The zero-order valence-electron chi connectivity index (χ0n) is 20.5. The molecule has 0 bridgehead atoms. The van der Waals surface area contributed by atoms with Gasteiger partial charge < -0.3 is 11.1 Å². The first-order chi connectivity index (χ1) is 17.4. The zero-order chi connectivity index (χ0) is 25.2. The van der Waals surface area contributed by atoms with E-state index in [1.54, 1.807) is 23.2 Å². The van der Waals surface area contributed by atoms with Gasteiger partial charge in [0.25, 0.3) is 5.56 Å². The van der Waals surface area contributed by atoms with Crippen molar-refractivity contribution in [2.75, 3.05) is 11.9 Å². The lowest BCUT2D eigenvalue weighted by molar-refractivity contribution is 0.295. The van der Waals surface area contributed by atoms with Gasteiger partial charge in [-0.2, -0.15) is 4.98 Å². The van der Waals surface area contributed by atoms with Crippen molar-refractivity contribution in [3.8, 4) is 22.4 Å². The second kappa shape index (κ2) is 10.3. The van der Waals surface area contributed by atoms with E-state index in [1.807, 2.05) is 38.1 Å². The highest BCUT2D eigenvalue weighted by molar-refractivity contribution is 6.33. The van der Waals surface area contributed by atoms with Crippen molar-refractivity contribution in [2.24, 2.45) is 11.7 Å². The van der Waals surface area contributed by atoms with Crippen LogP contribution in [0.25, 0.3) is 33.4 Å². The number of nitrogens with one attached hydrogen (secondary N) is 1. The molecule has 0 unspecified atom stereocenters. The summed E-state index contributed by atoms with van der Waals surface area (Å²) in [6.07, 6.45) is 9.13. The Morgan fingerprint density at radius 1 is 1.08 bits per heavy atom. The second-order valence-electron chi connectivity index (χ2n) is 9.50. The third kappa shape index (κ3) is 4.96. The summed E-state index contributed by atoms with van der Waals surface area (Å²) in [5.74, 6) is 0.884. The van der Waals surface area contributed by atoms with Gasteiger partial charge in [-0.05, 0) is 57.6 Å². The van der Waals surface area contributed by atoms with Crippen LogP contribution in [0.1, 0.15) is 38.3 Å². The van der Waals surface area contributed by atoms with Crippen LogP contribution in [0.5, 0.6) is 0 Å². The number of fused-ring (bicyclic) bond motifs is 1. The number of rotatable bonds is 6. The van der Waals surface area contributed by atoms with Crippen LogP contribution in [0.4, 0.5) is 5.95 Å². The Morgan fingerprint density at radius 2 is 1.89 bits per heavy atom. The van der Waals surface area contributed by atoms with Crippen LogP contribution in [-0.4, -0.2) is 37.1 Å². The van der Waals surface area contributed by atoms with E-state index in [0.29, 0.717) is 46.8 Å². The Labute approximate surface area is 215 Å². The lowest BCUT2D eigenvalue weighted by Gasteiger charge is -2.27. The number of aryl methyl sites for hydroxylation is 1. The maximum Gasteiger partial charge on any atom is 0.260 e. The largest absolute Gasteiger partial charge is 0.354 e. The Kier molecular flexibility index (Phi) is 6.98. The SMILES string of the molecule is CCNc1ncc2cc(-c3ccc(-c4cncc(C)n4)cc3Cl)c(=O)n(C[C@H]3CC[C@@H](N)CC3)c2n1. The number of anilines is 1. The number of hydrogen-bond acceptors (Lipinski definition) is 7. The molecule has 0 saturated heterocycles. The molecule has 3 heterocycles. The van der Waals surface area contributed by atoms with Crippen LogP contribution < -0.4 is 16.6 Å². The van der Waals surface area contributed by atoms with Crippen molar-refractivity contribution in [1.29, 1.82) is 0 Å². The van der Waals surface area contributed by atoms with E-state index in [2.05, 4.69) is 20.3 Å². The first kappa shape index (κ1) is 24.3. The van der Waals surface area contributed by atoms with Crippen molar-refractivity contribution in [3.63, 3.8) is 0 Å². The monoisotopic (exact) mass is 503 g/mol. The van der Waals surface area contributed by atoms with Gasteiger partial charge in [0.05, 0.1) is 17.6 Å². The summed E-state index contributed by atoms with van der Waals surface area (Å²) in [7, 11) is 0. The van der Waals surface area contributed by atoms with E-state index in [4.69, 9.17) is 22.3 Å². The lowest BCUT2D eigenvalue weighted by Crippen LogP contribution is -2.31. The van der Waals surface area contributed by atoms with Crippen LogP contribution in [0.15, 0.2) is 47.7 Å². The lowest BCUT2D eigenvalue weighted by atomic mass is 9.86. The van der Waals surface area contributed by atoms with Gasteiger partial charge in [-0.3, -0.25) is 14.3 Å². The molecule has 3 N–H and O–H groups in total. The molecule has 9 heteroatoms. The van der Waals surface area contributed by atoms with Crippen molar-refractivity contribution in [1.82, 2.24) is 24.5 Å². The Morgan fingerprint density at radius 3 is 2.61 bits per heavy atom. The number of pyridine rings is 1. The molecular formula is C27H30ClN7O. The number of hydrogen-bond donors (Lipinski definition) is 2. The molecule has 4 aromatic rings. The summed E-state index contributed by atoms with van der Waals surface area (Å²) >= 11 is 6.75. The molecule has 186 valence electrons. The highest BCUT2D eigenvalue weighted by atomic mass is 35.5. The van der Waals surface area contributed by atoms with Gasteiger partial charge in [-0.1, -0.05) is 23.7 Å². The molecule has 1 aromatic carbocycles. The fourth-order valence-electron chi connectivity index (χ4n) is 4.89. The smallest absolute Gasteiger partial charge is 0.260 e. The van der Waals surface area contributed by atoms with Crippen molar-refractivity contribution < 1.29 is 0 Å². The molecule has 5 rings (SSSR count). The van der Waals surface area contributed by atoms with Crippen LogP contribution in [0, 0.1) is 12.8 Å². The van der Waals surface area contributed by atoms with E-state index >= 15 is 0 Å². The highest BCUT2D eigenvalue weighted by Crippen LogP contribution is 2.32. The third-order valence-corrected chi connectivity index (χ3v) is 7.12. The molecule has 0 amide bonds. The minimum absolute atomic E-state index is 0.108. The minimum Gasteiger partial charge on any atom is -0.354 e. The quantitative estimate of drug-likeness (QED) is 0.387. The highest BCUT2D eigenvalue weighted by Gasteiger charge is 2.22. The first-order valence-electron chi connectivity index (χ1n) is 12.4. The summed E-state index contributed by atoms with van der Waals surface area (Å²) < 4.78 is 1.80. The van der Waals surface area contributed by atoms with E-state index in [1.165, 1.54) is 0 Å². The first-order valence-corrected chi connectivity index (χ1v) is 12.8. The minimum atomic E-state index is -0.108. The van der Waals surface area contributed by atoms with Crippen LogP contribution in [-0.2, 0) is 6.54 Å². The summed E-state index contributed by atoms with van der Waals surface area (Å²) in [4.78, 5) is 31.8. The Bertz CT molecular complexity index is 1460. The average Bonchev–Trinajstić information content (AvgIpc) is 2.87. The summed E-state index contributed by atoms with van der Waals surface area (Å²) in [5, 5.41) is 4.42. The van der Waals surface area contributed by atoms with Gasteiger partial charge in [0.15, 0.2) is 0 Å². The predicted octanol–water partition coefficient (Wildman–Crippen LogP) is 4.83. The Balaban J connectivity index is 1.61. The number of nitrogens with zero attached hydrogens (tertiary/aromatic N) is 5. The molecule has 3 aromatic heterocycles. The second-order valence-corrected chi connectivity index (χ2v) is 9.90. The van der Waals surface area contributed by atoms with Crippen molar-refractivity contribution in [3.05, 3.63) is 63.9 Å². The van der Waals surface area contributed by atoms with Gasteiger partial charge >= 0.3 is 0 Å². The number of benzene rings is 1. The fraction of sp³-hybridized carbons (Fsp3) is 0.370. The van der Waals surface area contributed by atoms with E-state index in [-0.39, 0.29) is 11.6 Å². The van der Waals surface area contributed by atoms with Gasteiger partial charge in [-0.25, -0.2) is 9.97 Å². The molecular weight excluding hydrogens is 474 g/mol. The topological polar surface area (TPSA) is 112 Å². The van der Waals surface area contributed by atoms with Gasteiger partial charge in [0, 0.05) is 58.6 Å². The third-order valence-electron chi connectivity index (χ3n) is 6.80. The molecule has 36 heavy (non-hydrogen) atoms. The molecule has 0 aliphatic heterocycles. The van der Waals surface area contributed by atoms with Gasteiger partial charge in [0.1, 0.15) is 5.65 Å². The fourth-order valence-corrected chi connectivity index (χ4v) is 5.17. The maximum atomic E-state index is 13.9. The maximum absolute atomic E-state index is 13.9. The van der Waals surface area contributed by atoms with Crippen LogP contribution in [0.3, 0.4) is 0 Å². The van der Waals surface area contributed by atoms with Crippen molar-refractivity contribution >= 4 is 28.6 Å². The van der Waals surface area contributed by atoms with Gasteiger partial charge in [0.2, 0.25) is 5.95 Å². The zero-order valence-corrected chi connectivity index (χ0v) is 21.3. The molecule has 1 aliphatic rings. The van der Waals surface area contributed by atoms with E-state index in [0.717, 1.165) is 48.0 Å². The molecule has 1 fully saturated rings. The standard InChI is InChI=1S/C27H30ClN7O/c1-3-31-27-32-13-19-10-22(21-9-6-18(11-23(21)28)24-14-30-12-16(2)33-24)26(36)35(25(19)34-27)15-17-4-7-20(29)8-5-17/h6,9-14,17,20H,3-5,7-8,15,29H2,1-2H3,(H,31,32,34)/t17-,20+. The normalized spacial score (nSPS) is 17.9. The molecule has 1 saturated carbocycles. The number of aromatic nitrogens is 5.